The molecule has 0 spiro atoms. The van der Waals surface area contributed by atoms with Gasteiger partial charge in [-0.15, -0.1) is 0 Å². The lowest BCUT2D eigenvalue weighted by molar-refractivity contribution is -0.140. The number of carbonyl (C=O) groups is 2. The van der Waals surface area contributed by atoms with E-state index in [0.29, 0.717) is 0 Å². The molecule has 2 heterocycles. The molecular formula is C18H21N3O2. The normalized spacial score (nSPS) is 21.5. The molecule has 0 unspecified atom stereocenters. The van der Waals surface area contributed by atoms with Gasteiger partial charge in [-0.1, -0.05) is 30.3 Å². The summed E-state index contributed by atoms with van der Waals surface area (Å²) in [7, 11) is 0. The number of amides is 2. The third-order valence-electron chi connectivity index (χ3n) is 4.45. The molecule has 0 aliphatic carbocycles. The predicted molar refractivity (Wildman–Crippen MR) is 86.6 cm³/mol. The van der Waals surface area contributed by atoms with E-state index in [1.54, 1.807) is 0 Å². The Hall–Kier alpha value is -2.43. The van der Waals surface area contributed by atoms with Crippen molar-refractivity contribution >= 4 is 11.8 Å². The van der Waals surface area contributed by atoms with Gasteiger partial charge in [0.25, 0.3) is 0 Å². The van der Waals surface area contributed by atoms with E-state index in [2.05, 4.69) is 5.10 Å². The molecule has 1 aromatic carbocycles. The molecule has 120 valence electrons. The highest BCUT2D eigenvalue weighted by Crippen LogP contribution is 2.36. The van der Waals surface area contributed by atoms with Gasteiger partial charge in [-0.2, -0.15) is 5.10 Å². The third-order valence-corrected chi connectivity index (χ3v) is 4.45. The molecule has 5 nitrogen and oxygen atoms in total. The standard InChI is InChI=1S/C18H21N3O2/c1-13(2)21-10-9-15(19-21)12-20-16(22)11-18(3,17(20)23)14-7-5-4-6-8-14/h4-10,13H,11-12H2,1-3H3/t18-/m0/s1. The zero-order valence-corrected chi connectivity index (χ0v) is 13.7. The van der Waals surface area contributed by atoms with Crippen LogP contribution in [0, 0.1) is 0 Å². The molecular weight excluding hydrogens is 290 g/mol. The number of rotatable bonds is 4. The molecule has 0 N–H and O–H groups in total. The Morgan fingerprint density at radius 3 is 2.48 bits per heavy atom. The Balaban J connectivity index is 1.84. The van der Waals surface area contributed by atoms with Crippen molar-refractivity contribution in [1.82, 2.24) is 14.7 Å². The van der Waals surface area contributed by atoms with Gasteiger partial charge in [-0.25, -0.2) is 0 Å². The van der Waals surface area contributed by atoms with E-state index in [9.17, 15) is 9.59 Å². The first kappa shape index (κ1) is 15.5. The Kier molecular flexibility index (Phi) is 3.80. The first-order valence-electron chi connectivity index (χ1n) is 7.86. The second kappa shape index (κ2) is 5.65. The third kappa shape index (κ3) is 2.67. The lowest BCUT2D eigenvalue weighted by atomic mass is 9.81. The SMILES string of the molecule is CC(C)n1ccc(CN2C(=O)C[C@@](C)(c3ccccc3)C2=O)n1. The summed E-state index contributed by atoms with van der Waals surface area (Å²) in [6, 6.07) is 11.6. The number of aromatic nitrogens is 2. The number of carbonyl (C=O) groups excluding carboxylic acids is 2. The van der Waals surface area contributed by atoms with Gasteiger partial charge in [0.15, 0.2) is 0 Å². The highest BCUT2D eigenvalue weighted by Gasteiger charge is 2.49. The maximum Gasteiger partial charge on any atom is 0.240 e. The molecule has 1 aromatic heterocycles. The molecule has 2 aromatic rings. The fourth-order valence-electron chi connectivity index (χ4n) is 2.99. The summed E-state index contributed by atoms with van der Waals surface area (Å²) < 4.78 is 1.83. The van der Waals surface area contributed by atoms with Gasteiger partial charge < -0.3 is 0 Å². The number of imide groups is 1. The van der Waals surface area contributed by atoms with Crippen LogP contribution in [0.2, 0.25) is 0 Å². The van der Waals surface area contributed by atoms with Gasteiger partial charge in [0.1, 0.15) is 0 Å². The molecule has 3 rings (SSSR count). The fourth-order valence-corrected chi connectivity index (χ4v) is 2.99. The molecule has 0 radical (unpaired) electrons. The highest BCUT2D eigenvalue weighted by atomic mass is 16.2. The second-order valence-corrected chi connectivity index (χ2v) is 6.54. The van der Waals surface area contributed by atoms with Crippen molar-refractivity contribution in [2.45, 2.75) is 45.2 Å². The molecule has 23 heavy (non-hydrogen) atoms. The summed E-state index contributed by atoms with van der Waals surface area (Å²) >= 11 is 0. The fraction of sp³-hybridized carbons (Fsp3) is 0.389. The van der Waals surface area contributed by atoms with Crippen LogP contribution in [0.4, 0.5) is 0 Å². The summed E-state index contributed by atoms with van der Waals surface area (Å²) in [4.78, 5) is 26.6. The Labute approximate surface area is 135 Å². The largest absolute Gasteiger partial charge is 0.276 e. The maximum atomic E-state index is 12.9. The summed E-state index contributed by atoms with van der Waals surface area (Å²) in [5.41, 5.74) is 0.838. The Bertz CT molecular complexity index is 736. The van der Waals surface area contributed by atoms with E-state index in [0.717, 1.165) is 11.3 Å². The summed E-state index contributed by atoms with van der Waals surface area (Å²) in [5, 5.41) is 4.43. The molecule has 1 fully saturated rings. The van der Waals surface area contributed by atoms with Gasteiger partial charge in [-0.05, 0) is 32.4 Å². The van der Waals surface area contributed by atoms with Crippen molar-refractivity contribution in [2.24, 2.45) is 0 Å². The van der Waals surface area contributed by atoms with Crippen molar-refractivity contribution in [2.75, 3.05) is 0 Å². The van der Waals surface area contributed by atoms with Crippen molar-refractivity contribution < 1.29 is 9.59 Å². The van der Waals surface area contributed by atoms with E-state index in [1.165, 1.54) is 4.90 Å². The minimum atomic E-state index is -0.779. The minimum Gasteiger partial charge on any atom is -0.276 e. The summed E-state index contributed by atoms with van der Waals surface area (Å²) in [6.45, 7) is 6.15. The van der Waals surface area contributed by atoms with Crippen molar-refractivity contribution in [1.29, 1.82) is 0 Å². The molecule has 1 saturated heterocycles. The molecule has 1 aliphatic rings. The lowest BCUT2D eigenvalue weighted by Gasteiger charge is -2.22. The van der Waals surface area contributed by atoms with Crippen LogP contribution in [0.25, 0.3) is 0 Å². The average Bonchev–Trinajstić information content (AvgIpc) is 3.08. The second-order valence-electron chi connectivity index (χ2n) is 6.54. The first-order chi connectivity index (χ1) is 10.9. The van der Waals surface area contributed by atoms with Crippen LogP contribution >= 0.6 is 0 Å². The number of likely N-dealkylation sites (tertiary alicyclic amines) is 1. The predicted octanol–water partition coefficient (Wildman–Crippen LogP) is 2.68. The van der Waals surface area contributed by atoms with E-state index in [-0.39, 0.29) is 30.8 Å². The topological polar surface area (TPSA) is 55.2 Å². The first-order valence-corrected chi connectivity index (χ1v) is 7.86. The van der Waals surface area contributed by atoms with E-state index >= 15 is 0 Å². The van der Waals surface area contributed by atoms with Crippen LogP contribution in [-0.4, -0.2) is 26.5 Å². The average molecular weight is 311 g/mol. The number of hydrogen-bond acceptors (Lipinski definition) is 3. The van der Waals surface area contributed by atoms with Gasteiger partial charge in [0.05, 0.1) is 17.7 Å². The van der Waals surface area contributed by atoms with Gasteiger partial charge in [0, 0.05) is 18.7 Å². The summed E-state index contributed by atoms with van der Waals surface area (Å²) in [6.07, 6.45) is 2.09. The molecule has 1 aliphatic heterocycles. The highest BCUT2D eigenvalue weighted by molar-refractivity contribution is 6.08. The molecule has 2 amide bonds. The van der Waals surface area contributed by atoms with E-state index < -0.39 is 5.41 Å². The van der Waals surface area contributed by atoms with Crippen LogP contribution in [-0.2, 0) is 21.5 Å². The summed E-state index contributed by atoms with van der Waals surface area (Å²) in [5.74, 6) is -0.284. The quantitative estimate of drug-likeness (QED) is 0.816. The number of nitrogens with zero attached hydrogens (tertiary/aromatic N) is 3. The van der Waals surface area contributed by atoms with Crippen molar-refractivity contribution in [3.8, 4) is 0 Å². The van der Waals surface area contributed by atoms with Crippen LogP contribution in [0.5, 0.6) is 0 Å². The smallest absolute Gasteiger partial charge is 0.240 e. The molecule has 0 saturated carbocycles. The van der Waals surface area contributed by atoms with Crippen LogP contribution in [0.3, 0.4) is 0 Å². The number of hydrogen-bond donors (Lipinski definition) is 0. The number of benzene rings is 1. The zero-order chi connectivity index (χ0) is 16.6. The maximum absolute atomic E-state index is 12.9. The van der Waals surface area contributed by atoms with Crippen LogP contribution in [0.15, 0.2) is 42.6 Å². The van der Waals surface area contributed by atoms with Crippen LogP contribution < -0.4 is 0 Å². The molecule has 0 bridgehead atoms. The minimum absolute atomic E-state index is 0.138. The van der Waals surface area contributed by atoms with Gasteiger partial charge in [-0.3, -0.25) is 19.2 Å². The van der Waals surface area contributed by atoms with Gasteiger partial charge in [0.2, 0.25) is 11.8 Å². The molecule has 5 heteroatoms. The van der Waals surface area contributed by atoms with Crippen LogP contribution in [0.1, 0.15) is 44.5 Å². The Morgan fingerprint density at radius 2 is 1.87 bits per heavy atom. The molecule has 1 atom stereocenters. The van der Waals surface area contributed by atoms with Gasteiger partial charge >= 0.3 is 0 Å². The zero-order valence-electron chi connectivity index (χ0n) is 13.7. The van der Waals surface area contributed by atoms with E-state index in [1.807, 2.05) is 68.0 Å². The monoisotopic (exact) mass is 311 g/mol. The van der Waals surface area contributed by atoms with E-state index in [4.69, 9.17) is 0 Å². The lowest BCUT2D eigenvalue weighted by Crippen LogP contribution is -2.36. The Morgan fingerprint density at radius 1 is 1.17 bits per heavy atom. The van der Waals surface area contributed by atoms with Crippen molar-refractivity contribution in [3.63, 3.8) is 0 Å². The van der Waals surface area contributed by atoms with Crippen molar-refractivity contribution in [3.05, 3.63) is 53.9 Å².